The van der Waals surface area contributed by atoms with Gasteiger partial charge in [-0.1, -0.05) is 47.6 Å². The molecular formula is C23H20N2O3. The summed E-state index contributed by atoms with van der Waals surface area (Å²) in [6.45, 7) is 0.780. The maximum atomic E-state index is 8.81. The molecule has 0 saturated heterocycles. The minimum Gasteiger partial charge on any atom is -0.493 e. The first-order valence-corrected chi connectivity index (χ1v) is 8.77. The van der Waals surface area contributed by atoms with Gasteiger partial charge in [0.2, 0.25) is 0 Å². The fourth-order valence-corrected chi connectivity index (χ4v) is 2.51. The highest BCUT2D eigenvalue weighted by Gasteiger charge is 2.06. The van der Waals surface area contributed by atoms with Gasteiger partial charge in [0.15, 0.2) is 11.5 Å². The molecule has 3 rings (SSSR count). The van der Waals surface area contributed by atoms with Gasteiger partial charge in [-0.15, -0.1) is 0 Å². The molecule has 0 aliphatic rings. The second-order valence-corrected chi connectivity index (χ2v) is 6.00. The summed E-state index contributed by atoms with van der Waals surface area (Å²) in [5.41, 5.74) is 3.48. The maximum Gasteiger partial charge on any atom is 0.162 e. The number of methoxy groups -OCH3 is 1. The standard InChI is InChI=1S/C23H20N2O3/c1-26-22-12-11-21(13-23(22)27-16-19-5-3-2-4-6-19)15-25-28-17-20-9-7-18(14-24)8-10-20/h2-13,15H,16-17H2,1H3/b25-15+. The van der Waals surface area contributed by atoms with Crippen LogP contribution < -0.4 is 9.47 Å². The third kappa shape index (κ3) is 5.36. The van der Waals surface area contributed by atoms with E-state index < -0.39 is 0 Å². The molecule has 3 aromatic rings. The Hall–Kier alpha value is -3.78. The van der Waals surface area contributed by atoms with Crippen LogP contribution in [0.5, 0.6) is 11.5 Å². The van der Waals surface area contributed by atoms with E-state index in [2.05, 4.69) is 11.2 Å². The summed E-state index contributed by atoms with van der Waals surface area (Å²) in [6, 6.07) is 24.8. The van der Waals surface area contributed by atoms with E-state index in [1.165, 1.54) is 0 Å². The first-order valence-electron chi connectivity index (χ1n) is 8.77. The van der Waals surface area contributed by atoms with Gasteiger partial charge in [0, 0.05) is 5.56 Å². The van der Waals surface area contributed by atoms with Crippen molar-refractivity contribution in [3.8, 4) is 17.6 Å². The van der Waals surface area contributed by atoms with E-state index in [4.69, 9.17) is 19.6 Å². The zero-order chi connectivity index (χ0) is 19.6. The fraction of sp³-hybridized carbons (Fsp3) is 0.130. The largest absolute Gasteiger partial charge is 0.493 e. The van der Waals surface area contributed by atoms with Crippen LogP contribution in [0.25, 0.3) is 0 Å². The van der Waals surface area contributed by atoms with Crippen LogP contribution in [0.15, 0.2) is 78.0 Å². The van der Waals surface area contributed by atoms with Gasteiger partial charge in [-0.3, -0.25) is 0 Å². The minimum absolute atomic E-state index is 0.329. The third-order valence-corrected chi connectivity index (χ3v) is 4.02. The van der Waals surface area contributed by atoms with E-state index in [0.29, 0.717) is 30.3 Å². The third-order valence-electron chi connectivity index (χ3n) is 4.02. The van der Waals surface area contributed by atoms with Gasteiger partial charge in [-0.05, 0) is 41.5 Å². The fourth-order valence-electron chi connectivity index (χ4n) is 2.51. The molecule has 5 nitrogen and oxygen atoms in total. The Bertz CT molecular complexity index is 961. The highest BCUT2D eigenvalue weighted by atomic mass is 16.6. The van der Waals surface area contributed by atoms with Crippen molar-refractivity contribution in [2.75, 3.05) is 7.11 Å². The van der Waals surface area contributed by atoms with E-state index in [1.54, 1.807) is 25.5 Å². The first kappa shape index (κ1) is 19.0. The normalized spacial score (nSPS) is 10.4. The molecule has 0 fully saturated rings. The van der Waals surface area contributed by atoms with Crippen LogP contribution in [-0.4, -0.2) is 13.3 Å². The monoisotopic (exact) mass is 372 g/mol. The molecule has 0 radical (unpaired) electrons. The molecule has 0 spiro atoms. The van der Waals surface area contributed by atoms with Crippen LogP contribution in [0.2, 0.25) is 0 Å². The number of nitriles is 1. The highest BCUT2D eigenvalue weighted by Crippen LogP contribution is 2.28. The molecule has 0 aliphatic carbocycles. The number of hydrogen-bond acceptors (Lipinski definition) is 5. The molecule has 0 aliphatic heterocycles. The number of ether oxygens (including phenoxy) is 2. The Morgan fingerprint density at radius 3 is 2.36 bits per heavy atom. The lowest BCUT2D eigenvalue weighted by molar-refractivity contribution is 0.132. The minimum atomic E-state index is 0.329. The quantitative estimate of drug-likeness (QED) is 0.425. The second-order valence-electron chi connectivity index (χ2n) is 6.00. The Labute approximate surface area is 164 Å². The Kier molecular flexibility index (Phi) is 6.64. The van der Waals surface area contributed by atoms with Gasteiger partial charge in [-0.2, -0.15) is 5.26 Å². The second kappa shape index (κ2) is 9.79. The maximum absolute atomic E-state index is 8.81. The lowest BCUT2D eigenvalue weighted by Crippen LogP contribution is -1.98. The number of benzene rings is 3. The van der Waals surface area contributed by atoms with Crippen molar-refractivity contribution < 1.29 is 14.3 Å². The van der Waals surface area contributed by atoms with Gasteiger partial charge in [0.1, 0.15) is 13.2 Å². The van der Waals surface area contributed by atoms with Crippen LogP contribution in [0.3, 0.4) is 0 Å². The highest BCUT2D eigenvalue weighted by molar-refractivity contribution is 5.80. The smallest absolute Gasteiger partial charge is 0.162 e. The number of oxime groups is 1. The predicted molar refractivity (Wildman–Crippen MR) is 107 cm³/mol. The van der Waals surface area contributed by atoms with E-state index in [1.807, 2.05) is 60.7 Å². The van der Waals surface area contributed by atoms with Crippen molar-refractivity contribution in [2.24, 2.45) is 5.16 Å². The van der Waals surface area contributed by atoms with E-state index in [0.717, 1.165) is 16.7 Å². The number of nitrogens with zero attached hydrogens (tertiary/aromatic N) is 2. The van der Waals surface area contributed by atoms with Gasteiger partial charge in [-0.25, -0.2) is 0 Å². The molecule has 0 aromatic heterocycles. The molecule has 0 heterocycles. The zero-order valence-corrected chi connectivity index (χ0v) is 15.5. The van der Waals surface area contributed by atoms with Crippen molar-refractivity contribution in [2.45, 2.75) is 13.2 Å². The Morgan fingerprint density at radius 2 is 1.64 bits per heavy atom. The molecule has 0 bridgehead atoms. The van der Waals surface area contributed by atoms with Crippen LogP contribution in [-0.2, 0) is 18.1 Å². The molecule has 5 heteroatoms. The molecule has 0 atom stereocenters. The van der Waals surface area contributed by atoms with Gasteiger partial charge >= 0.3 is 0 Å². The molecule has 0 amide bonds. The van der Waals surface area contributed by atoms with E-state index in [-0.39, 0.29) is 0 Å². The van der Waals surface area contributed by atoms with Crippen LogP contribution >= 0.6 is 0 Å². The van der Waals surface area contributed by atoms with Gasteiger partial charge < -0.3 is 14.3 Å². The molecule has 28 heavy (non-hydrogen) atoms. The Balaban J connectivity index is 1.60. The summed E-state index contributed by atoms with van der Waals surface area (Å²) in [7, 11) is 1.61. The van der Waals surface area contributed by atoms with Crippen LogP contribution in [0, 0.1) is 11.3 Å². The summed E-state index contributed by atoms with van der Waals surface area (Å²) in [5, 5.41) is 12.8. The van der Waals surface area contributed by atoms with Crippen LogP contribution in [0.1, 0.15) is 22.3 Å². The summed E-state index contributed by atoms with van der Waals surface area (Å²) in [6.07, 6.45) is 1.62. The van der Waals surface area contributed by atoms with Gasteiger partial charge in [0.05, 0.1) is 25.0 Å². The van der Waals surface area contributed by atoms with Crippen molar-refractivity contribution in [3.05, 3.63) is 95.1 Å². The average molecular weight is 372 g/mol. The summed E-state index contributed by atoms with van der Waals surface area (Å²) < 4.78 is 11.3. The van der Waals surface area contributed by atoms with E-state index >= 15 is 0 Å². The van der Waals surface area contributed by atoms with Crippen LogP contribution in [0.4, 0.5) is 0 Å². The van der Waals surface area contributed by atoms with Crippen molar-refractivity contribution >= 4 is 6.21 Å². The van der Waals surface area contributed by atoms with Gasteiger partial charge in [0.25, 0.3) is 0 Å². The summed E-state index contributed by atoms with van der Waals surface area (Å²) >= 11 is 0. The average Bonchev–Trinajstić information content (AvgIpc) is 2.76. The molecular weight excluding hydrogens is 352 g/mol. The topological polar surface area (TPSA) is 63.8 Å². The molecule has 0 saturated carbocycles. The summed E-state index contributed by atoms with van der Waals surface area (Å²) in [4.78, 5) is 5.34. The molecule has 0 N–H and O–H groups in total. The van der Waals surface area contributed by atoms with E-state index in [9.17, 15) is 0 Å². The lowest BCUT2D eigenvalue weighted by Gasteiger charge is -2.11. The molecule has 3 aromatic carbocycles. The first-order chi connectivity index (χ1) is 13.8. The van der Waals surface area contributed by atoms with Crippen molar-refractivity contribution in [1.82, 2.24) is 0 Å². The molecule has 0 unspecified atom stereocenters. The molecule has 140 valence electrons. The zero-order valence-electron chi connectivity index (χ0n) is 15.5. The summed E-state index contributed by atoms with van der Waals surface area (Å²) in [5.74, 6) is 1.30. The number of rotatable bonds is 8. The predicted octanol–water partition coefficient (Wildman–Crippen LogP) is 4.70. The van der Waals surface area contributed by atoms with Crippen molar-refractivity contribution in [3.63, 3.8) is 0 Å². The lowest BCUT2D eigenvalue weighted by atomic mass is 10.2. The SMILES string of the molecule is COc1ccc(/C=N/OCc2ccc(C#N)cc2)cc1OCc1ccccc1. The Morgan fingerprint density at radius 1 is 0.893 bits per heavy atom. The number of hydrogen-bond donors (Lipinski definition) is 0. The van der Waals surface area contributed by atoms with Crippen molar-refractivity contribution in [1.29, 1.82) is 5.26 Å².